The summed E-state index contributed by atoms with van der Waals surface area (Å²) in [5.41, 5.74) is 15.5. The van der Waals surface area contributed by atoms with Crippen LogP contribution in [0.1, 0.15) is 25.0 Å². The molecule has 0 saturated heterocycles. The topological polar surface area (TPSA) is 38.7 Å². The molecule has 264 valence electrons. The van der Waals surface area contributed by atoms with Crippen molar-refractivity contribution >= 4 is 42.4 Å². The molecule has 3 heterocycles. The minimum Gasteiger partial charge on any atom is -0.246 e. The van der Waals surface area contributed by atoms with Crippen LogP contribution in [-0.4, -0.2) is 15.0 Å². The molecule has 0 aliphatic heterocycles. The summed E-state index contributed by atoms with van der Waals surface area (Å²) in [6.45, 7) is 4.65. The van der Waals surface area contributed by atoms with Gasteiger partial charge in [-0.05, 0) is 69.8 Å². The third kappa shape index (κ3) is 5.21. The van der Waals surface area contributed by atoms with Gasteiger partial charge in [-0.1, -0.05) is 153 Å². The zero-order valence-corrected chi connectivity index (χ0v) is 31.8. The van der Waals surface area contributed by atoms with Gasteiger partial charge in [-0.3, -0.25) is 0 Å². The van der Waals surface area contributed by atoms with Crippen LogP contribution >= 0.6 is 11.3 Å². The van der Waals surface area contributed by atoms with Crippen LogP contribution in [0.2, 0.25) is 0 Å². The van der Waals surface area contributed by atoms with Gasteiger partial charge in [-0.15, -0.1) is 11.3 Å². The van der Waals surface area contributed by atoms with E-state index >= 15 is 0 Å². The second-order valence-corrected chi connectivity index (χ2v) is 16.3. The zero-order chi connectivity index (χ0) is 37.4. The third-order valence-corrected chi connectivity index (χ3v) is 12.7. The molecule has 10 aromatic rings. The highest BCUT2D eigenvalue weighted by Gasteiger charge is 2.35. The van der Waals surface area contributed by atoms with Gasteiger partial charge in [-0.25, -0.2) is 15.0 Å². The lowest BCUT2D eigenvalue weighted by molar-refractivity contribution is 0.660. The first-order chi connectivity index (χ1) is 27.5. The predicted molar refractivity (Wildman–Crippen MR) is 235 cm³/mol. The Labute approximate surface area is 329 Å². The minimum absolute atomic E-state index is 0.103. The van der Waals surface area contributed by atoms with Crippen LogP contribution in [0.3, 0.4) is 0 Å². The molecule has 0 spiro atoms. The Hall–Kier alpha value is -6.75. The van der Waals surface area contributed by atoms with Crippen molar-refractivity contribution in [3.63, 3.8) is 0 Å². The lowest BCUT2D eigenvalue weighted by Gasteiger charge is -2.22. The SMILES string of the molecule is CC1(C)c2ccccc2-c2ccc(-c3cc(-c4cccc(-c5cccc(-c6nc7ccccc7c7c6sc6ccccc67)c5)c4)nc(-c4ccccc4)n3)cc21. The van der Waals surface area contributed by atoms with Crippen molar-refractivity contribution < 1.29 is 0 Å². The molecule has 56 heavy (non-hydrogen) atoms. The number of hydrogen-bond donors (Lipinski definition) is 0. The van der Waals surface area contributed by atoms with Crippen LogP contribution < -0.4 is 0 Å². The van der Waals surface area contributed by atoms with Crippen molar-refractivity contribution in [3.8, 4) is 67.4 Å². The summed E-state index contributed by atoms with van der Waals surface area (Å²) in [4.78, 5) is 15.7. The monoisotopic (exact) mass is 733 g/mol. The van der Waals surface area contributed by atoms with Crippen LogP contribution in [0.5, 0.6) is 0 Å². The number of aromatic nitrogens is 3. The molecule has 0 N–H and O–H groups in total. The average molecular weight is 734 g/mol. The van der Waals surface area contributed by atoms with Gasteiger partial charge in [0.05, 0.1) is 27.3 Å². The highest BCUT2D eigenvalue weighted by molar-refractivity contribution is 7.26. The van der Waals surface area contributed by atoms with Crippen LogP contribution in [0.15, 0.2) is 176 Å². The number of benzene rings is 7. The van der Waals surface area contributed by atoms with E-state index in [4.69, 9.17) is 15.0 Å². The van der Waals surface area contributed by atoms with E-state index in [0.29, 0.717) is 5.82 Å². The van der Waals surface area contributed by atoms with Crippen LogP contribution in [0, 0.1) is 0 Å². The molecule has 0 amide bonds. The van der Waals surface area contributed by atoms with Gasteiger partial charge in [0.25, 0.3) is 0 Å². The summed E-state index contributed by atoms with van der Waals surface area (Å²) in [6.07, 6.45) is 0. The molecule has 0 saturated carbocycles. The van der Waals surface area contributed by atoms with E-state index in [1.807, 2.05) is 29.5 Å². The quantitative estimate of drug-likeness (QED) is 0.177. The van der Waals surface area contributed by atoms with E-state index in [-0.39, 0.29) is 5.41 Å². The second-order valence-electron chi connectivity index (χ2n) is 15.2. The first kappa shape index (κ1) is 32.7. The maximum Gasteiger partial charge on any atom is 0.160 e. The largest absolute Gasteiger partial charge is 0.246 e. The maximum absolute atomic E-state index is 5.28. The fraction of sp³-hybridized carbons (Fsp3) is 0.0577. The van der Waals surface area contributed by atoms with E-state index in [1.54, 1.807) is 0 Å². The smallest absolute Gasteiger partial charge is 0.160 e. The van der Waals surface area contributed by atoms with Crippen LogP contribution in [0.4, 0.5) is 0 Å². The molecule has 0 unspecified atom stereocenters. The van der Waals surface area contributed by atoms with E-state index in [1.165, 1.54) is 47.8 Å². The van der Waals surface area contributed by atoms with Gasteiger partial charge in [0, 0.05) is 48.5 Å². The molecular formula is C52H35N3S. The number of pyridine rings is 1. The Morgan fingerprint density at radius 1 is 0.429 bits per heavy atom. The molecule has 0 bridgehead atoms. The normalized spacial score (nSPS) is 13.0. The Morgan fingerprint density at radius 2 is 1.04 bits per heavy atom. The van der Waals surface area contributed by atoms with Gasteiger partial charge in [-0.2, -0.15) is 0 Å². The fourth-order valence-corrected chi connectivity index (χ4v) is 9.88. The third-order valence-electron chi connectivity index (χ3n) is 11.5. The number of hydrogen-bond acceptors (Lipinski definition) is 4. The standard InChI is InChI=1S/C52H35N3S/c1-52(2)42-23-9-6-20-38(42)39-27-26-36(30-43(39)52)46-31-45(54-51(55-46)32-14-4-3-5-15-32)35-18-12-16-33(28-35)34-17-13-19-37(29-34)49-50-48(40-21-7-10-24-44(40)53-49)41-22-8-11-25-47(41)56-50/h3-31H,1-2H3. The molecule has 1 aliphatic carbocycles. The Kier molecular flexibility index (Phi) is 7.38. The number of rotatable bonds is 5. The summed E-state index contributed by atoms with van der Waals surface area (Å²) in [6, 6.07) is 62.8. The van der Waals surface area contributed by atoms with Gasteiger partial charge >= 0.3 is 0 Å². The minimum atomic E-state index is -0.103. The molecule has 1 aliphatic rings. The van der Waals surface area contributed by atoms with Crippen molar-refractivity contribution in [1.29, 1.82) is 0 Å². The van der Waals surface area contributed by atoms with Crippen molar-refractivity contribution in [2.75, 3.05) is 0 Å². The van der Waals surface area contributed by atoms with Crippen LogP contribution in [-0.2, 0) is 5.41 Å². The van der Waals surface area contributed by atoms with Crippen molar-refractivity contribution in [3.05, 3.63) is 187 Å². The lowest BCUT2D eigenvalue weighted by Crippen LogP contribution is -2.14. The molecule has 3 nitrogen and oxygen atoms in total. The number of para-hydroxylation sites is 1. The predicted octanol–water partition coefficient (Wildman–Crippen LogP) is 14.0. The molecule has 0 radical (unpaired) electrons. The van der Waals surface area contributed by atoms with Crippen molar-refractivity contribution in [2.45, 2.75) is 19.3 Å². The summed E-state index contributed by atoms with van der Waals surface area (Å²) < 4.78 is 2.50. The van der Waals surface area contributed by atoms with Gasteiger partial charge < -0.3 is 0 Å². The van der Waals surface area contributed by atoms with Crippen molar-refractivity contribution in [2.24, 2.45) is 0 Å². The lowest BCUT2D eigenvalue weighted by atomic mass is 9.82. The molecule has 4 heteroatoms. The zero-order valence-electron chi connectivity index (χ0n) is 31.0. The fourth-order valence-electron chi connectivity index (χ4n) is 8.66. The summed E-state index contributed by atoms with van der Waals surface area (Å²) in [5, 5.41) is 3.76. The number of thiophene rings is 1. The summed E-state index contributed by atoms with van der Waals surface area (Å²) in [7, 11) is 0. The van der Waals surface area contributed by atoms with Gasteiger partial charge in [0.1, 0.15) is 0 Å². The first-order valence-corrected chi connectivity index (χ1v) is 19.9. The first-order valence-electron chi connectivity index (χ1n) is 19.1. The molecular weight excluding hydrogens is 699 g/mol. The molecule has 0 atom stereocenters. The van der Waals surface area contributed by atoms with E-state index in [9.17, 15) is 0 Å². The number of nitrogens with zero attached hydrogens (tertiary/aromatic N) is 3. The van der Waals surface area contributed by atoms with Crippen molar-refractivity contribution in [1.82, 2.24) is 15.0 Å². The highest BCUT2D eigenvalue weighted by Crippen LogP contribution is 2.50. The molecule has 3 aromatic heterocycles. The summed E-state index contributed by atoms with van der Waals surface area (Å²) >= 11 is 1.82. The Balaban J connectivity index is 1.03. The van der Waals surface area contributed by atoms with E-state index < -0.39 is 0 Å². The summed E-state index contributed by atoms with van der Waals surface area (Å²) in [5.74, 6) is 0.711. The van der Waals surface area contributed by atoms with Gasteiger partial charge in [0.2, 0.25) is 0 Å². The molecule has 7 aromatic carbocycles. The highest BCUT2D eigenvalue weighted by atomic mass is 32.1. The average Bonchev–Trinajstić information content (AvgIpc) is 3.76. The van der Waals surface area contributed by atoms with Crippen LogP contribution in [0.25, 0.3) is 98.5 Å². The second kappa shape index (κ2) is 12.7. The number of fused-ring (bicyclic) bond motifs is 8. The molecule has 0 fully saturated rings. The van der Waals surface area contributed by atoms with E-state index in [2.05, 4.69) is 172 Å². The van der Waals surface area contributed by atoms with Gasteiger partial charge in [0.15, 0.2) is 5.82 Å². The Morgan fingerprint density at radius 3 is 1.86 bits per heavy atom. The Bertz CT molecular complexity index is 3180. The van der Waals surface area contributed by atoms with E-state index in [0.717, 1.165) is 56.0 Å². The maximum atomic E-state index is 5.28. The molecule has 11 rings (SSSR count).